The molecule has 0 unspecified atom stereocenters. The summed E-state index contributed by atoms with van der Waals surface area (Å²) in [6.45, 7) is 0.276. The molecule has 1 N–H and O–H groups in total. The van der Waals surface area contributed by atoms with Gasteiger partial charge in [0.2, 0.25) is 0 Å². The van der Waals surface area contributed by atoms with Gasteiger partial charge in [0, 0.05) is 12.4 Å². The second-order valence-electron chi connectivity index (χ2n) is 5.62. The van der Waals surface area contributed by atoms with Gasteiger partial charge in [-0.05, 0) is 48.5 Å². The number of carbonyl (C=O) groups excluding carboxylic acids is 1. The van der Waals surface area contributed by atoms with Crippen LogP contribution in [0, 0.1) is 5.82 Å². The van der Waals surface area contributed by atoms with Crippen molar-refractivity contribution in [1.29, 1.82) is 0 Å². The molecule has 0 aliphatic rings. The Morgan fingerprint density at radius 2 is 1.88 bits per heavy atom. The lowest BCUT2D eigenvalue weighted by molar-refractivity contribution is 0.0948. The third-order valence-electron chi connectivity index (χ3n) is 3.91. The molecule has 7 heteroatoms. The average Bonchev–Trinajstić information content (AvgIpc) is 3.40. The van der Waals surface area contributed by atoms with Gasteiger partial charge in [0.15, 0.2) is 5.82 Å². The van der Waals surface area contributed by atoms with E-state index in [9.17, 15) is 9.18 Å². The zero-order chi connectivity index (χ0) is 17.9. The number of furan rings is 1. The number of aromatic nitrogens is 3. The molecular weight excluding hydrogens is 335 g/mol. The topological polar surface area (TPSA) is 65.0 Å². The Labute approximate surface area is 148 Å². The molecule has 6 nitrogen and oxygen atoms in total. The molecule has 3 aromatic heterocycles. The normalized spacial score (nSPS) is 10.8. The quantitative estimate of drug-likeness (QED) is 0.600. The van der Waals surface area contributed by atoms with Gasteiger partial charge in [0.1, 0.15) is 17.1 Å². The molecule has 4 aromatic rings. The SMILES string of the molecule is O=C(NCc1ccco1)c1cnn(-c2ccc(F)cc2)c1-n1cccc1. The highest BCUT2D eigenvalue weighted by Crippen LogP contribution is 2.20. The molecular formula is C19H15FN4O2. The van der Waals surface area contributed by atoms with Crippen LogP contribution in [-0.2, 0) is 6.54 Å². The predicted octanol–water partition coefficient (Wildman–Crippen LogP) is 3.33. The molecule has 0 fully saturated rings. The number of hydrogen-bond donors (Lipinski definition) is 1. The van der Waals surface area contributed by atoms with E-state index in [2.05, 4.69) is 10.4 Å². The molecule has 0 saturated carbocycles. The Bertz CT molecular complexity index is 1000. The number of halogens is 1. The highest BCUT2D eigenvalue weighted by Gasteiger charge is 2.20. The van der Waals surface area contributed by atoms with Crippen LogP contribution < -0.4 is 5.32 Å². The van der Waals surface area contributed by atoms with Gasteiger partial charge in [-0.15, -0.1) is 0 Å². The zero-order valence-corrected chi connectivity index (χ0v) is 13.7. The van der Waals surface area contributed by atoms with Crippen molar-refractivity contribution in [2.75, 3.05) is 0 Å². The van der Waals surface area contributed by atoms with E-state index in [0.29, 0.717) is 22.8 Å². The van der Waals surface area contributed by atoms with Crippen LogP contribution in [-0.4, -0.2) is 20.3 Å². The summed E-state index contributed by atoms with van der Waals surface area (Å²) in [5, 5.41) is 7.15. The first-order chi connectivity index (χ1) is 12.7. The Morgan fingerprint density at radius 3 is 2.58 bits per heavy atom. The van der Waals surface area contributed by atoms with Crippen molar-refractivity contribution in [1.82, 2.24) is 19.7 Å². The summed E-state index contributed by atoms with van der Waals surface area (Å²) in [7, 11) is 0. The maximum atomic E-state index is 13.2. The summed E-state index contributed by atoms with van der Waals surface area (Å²) in [6.07, 6.45) is 6.69. The molecule has 0 aliphatic carbocycles. The third kappa shape index (κ3) is 3.02. The van der Waals surface area contributed by atoms with Crippen LogP contribution in [0.5, 0.6) is 0 Å². The lowest BCUT2D eigenvalue weighted by Gasteiger charge is -2.11. The molecule has 130 valence electrons. The van der Waals surface area contributed by atoms with E-state index in [1.165, 1.54) is 18.3 Å². The summed E-state index contributed by atoms with van der Waals surface area (Å²) in [4.78, 5) is 12.7. The second kappa shape index (κ2) is 6.72. The van der Waals surface area contributed by atoms with Gasteiger partial charge in [0.25, 0.3) is 5.91 Å². The van der Waals surface area contributed by atoms with Crippen LogP contribution >= 0.6 is 0 Å². The largest absolute Gasteiger partial charge is 0.467 e. The minimum Gasteiger partial charge on any atom is -0.467 e. The van der Waals surface area contributed by atoms with Gasteiger partial charge in [-0.3, -0.25) is 4.79 Å². The molecule has 0 radical (unpaired) electrons. The zero-order valence-electron chi connectivity index (χ0n) is 13.7. The van der Waals surface area contributed by atoms with E-state index in [1.54, 1.807) is 39.8 Å². The smallest absolute Gasteiger partial charge is 0.257 e. The summed E-state index contributed by atoms with van der Waals surface area (Å²) in [5.74, 6) is 0.614. The molecule has 3 heterocycles. The molecule has 26 heavy (non-hydrogen) atoms. The molecule has 0 saturated heterocycles. The van der Waals surface area contributed by atoms with E-state index in [0.717, 1.165) is 0 Å². The van der Waals surface area contributed by atoms with Crippen LogP contribution in [0.2, 0.25) is 0 Å². The van der Waals surface area contributed by atoms with Gasteiger partial charge < -0.3 is 14.3 Å². The Morgan fingerprint density at radius 1 is 1.12 bits per heavy atom. The van der Waals surface area contributed by atoms with Crippen molar-refractivity contribution in [3.05, 3.63) is 90.5 Å². The number of carbonyl (C=O) groups is 1. The van der Waals surface area contributed by atoms with Crippen LogP contribution in [0.3, 0.4) is 0 Å². The minimum absolute atomic E-state index is 0.276. The third-order valence-corrected chi connectivity index (χ3v) is 3.91. The number of nitrogens with zero attached hydrogens (tertiary/aromatic N) is 3. The Balaban J connectivity index is 1.70. The molecule has 0 aliphatic heterocycles. The molecule has 0 bridgehead atoms. The summed E-state index contributed by atoms with van der Waals surface area (Å²) in [6, 6.07) is 13.2. The maximum Gasteiger partial charge on any atom is 0.257 e. The first-order valence-electron chi connectivity index (χ1n) is 8.00. The molecule has 4 rings (SSSR count). The van der Waals surface area contributed by atoms with Crippen LogP contribution in [0.4, 0.5) is 4.39 Å². The number of amides is 1. The monoisotopic (exact) mass is 350 g/mol. The summed E-state index contributed by atoms with van der Waals surface area (Å²) in [5.41, 5.74) is 1.05. The van der Waals surface area contributed by atoms with Crippen LogP contribution in [0.15, 0.2) is 77.8 Å². The lowest BCUT2D eigenvalue weighted by Crippen LogP contribution is -2.23. The van der Waals surface area contributed by atoms with E-state index < -0.39 is 0 Å². The van der Waals surface area contributed by atoms with Gasteiger partial charge >= 0.3 is 0 Å². The van der Waals surface area contributed by atoms with Crippen molar-refractivity contribution in [2.24, 2.45) is 0 Å². The van der Waals surface area contributed by atoms with Gasteiger partial charge in [-0.2, -0.15) is 5.10 Å². The fourth-order valence-corrected chi connectivity index (χ4v) is 2.67. The first kappa shape index (κ1) is 15.9. The fraction of sp³-hybridized carbons (Fsp3) is 0.0526. The molecule has 1 amide bonds. The molecule has 0 atom stereocenters. The summed E-state index contributed by atoms with van der Waals surface area (Å²) < 4.78 is 21.9. The Kier molecular flexibility index (Phi) is 4.10. The van der Waals surface area contributed by atoms with Crippen LogP contribution in [0.1, 0.15) is 16.1 Å². The van der Waals surface area contributed by atoms with E-state index in [1.807, 2.05) is 24.5 Å². The van der Waals surface area contributed by atoms with Gasteiger partial charge in [0.05, 0.1) is 24.7 Å². The molecule has 0 spiro atoms. The van der Waals surface area contributed by atoms with Crippen LogP contribution in [0.25, 0.3) is 11.5 Å². The standard InChI is InChI=1S/C19H15FN4O2/c20-14-5-7-15(8-6-14)24-19(23-9-1-2-10-23)17(13-22-24)18(25)21-12-16-4-3-11-26-16/h1-11,13H,12H2,(H,21,25). The minimum atomic E-state index is -0.333. The highest BCUT2D eigenvalue weighted by molar-refractivity contribution is 5.97. The Hall–Kier alpha value is -3.61. The predicted molar refractivity (Wildman–Crippen MR) is 92.7 cm³/mol. The second-order valence-corrected chi connectivity index (χ2v) is 5.62. The number of nitrogens with one attached hydrogen (secondary N) is 1. The summed E-state index contributed by atoms with van der Waals surface area (Å²) >= 11 is 0. The average molecular weight is 350 g/mol. The van der Waals surface area contributed by atoms with Gasteiger partial charge in [-0.1, -0.05) is 0 Å². The van der Waals surface area contributed by atoms with E-state index in [4.69, 9.17) is 4.42 Å². The number of rotatable bonds is 5. The van der Waals surface area contributed by atoms with E-state index in [-0.39, 0.29) is 18.3 Å². The van der Waals surface area contributed by atoms with Crippen molar-refractivity contribution >= 4 is 5.91 Å². The lowest BCUT2D eigenvalue weighted by atomic mass is 10.2. The van der Waals surface area contributed by atoms with Crippen molar-refractivity contribution in [3.63, 3.8) is 0 Å². The highest BCUT2D eigenvalue weighted by atomic mass is 19.1. The maximum absolute atomic E-state index is 13.2. The number of hydrogen-bond acceptors (Lipinski definition) is 3. The first-order valence-corrected chi connectivity index (χ1v) is 8.00. The van der Waals surface area contributed by atoms with Crippen molar-refractivity contribution in [2.45, 2.75) is 6.54 Å². The van der Waals surface area contributed by atoms with E-state index >= 15 is 0 Å². The number of benzene rings is 1. The van der Waals surface area contributed by atoms with Crippen molar-refractivity contribution < 1.29 is 13.6 Å². The van der Waals surface area contributed by atoms with Crippen molar-refractivity contribution in [3.8, 4) is 11.5 Å². The fourth-order valence-electron chi connectivity index (χ4n) is 2.67. The van der Waals surface area contributed by atoms with Gasteiger partial charge in [-0.25, -0.2) is 9.07 Å². The molecule has 1 aromatic carbocycles.